The average Bonchev–Trinajstić information content (AvgIpc) is 2.34. The Morgan fingerprint density at radius 3 is 2.53 bits per heavy atom. The lowest BCUT2D eigenvalue weighted by Gasteiger charge is -2.06. The lowest BCUT2D eigenvalue weighted by atomic mass is 10.3. The van der Waals surface area contributed by atoms with Crippen LogP contribution in [0.2, 0.25) is 0 Å². The van der Waals surface area contributed by atoms with Crippen LogP contribution in [0.5, 0.6) is 5.75 Å². The molecule has 0 aliphatic rings. The number of ether oxygens (including phenoxy) is 1. The van der Waals surface area contributed by atoms with E-state index in [4.69, 9.17) is 28.3 Å². The SMILES string of the molecule is O=C(COc1ccccc1)SNC(=O)N(Cl)Cl. The summed E-state index contributed by atoms with van der Waals surface area (Å²) in [7, 11) is 0. The molecule has 0 spiro atoms. The quantitative estimate of drug-likeness (QED) is 0.687. The highest BCUT2D eigenvalue weighted by molar-refractivity contribution is 8.12. The van der Waals surface area contributed by atoms with Gasteiger partial charge in [0.25, 0.3) is 0 Å². The van der Waals surface area contributed by atoms with Crippen molar-refractivity contribution in [3.05, 3.63) is 30.3 Å². The van der Waals surface area contributed by atoms with Crippen molar-refractivity contribution in [2.75, 3.05) is 6.61 Å². The second kappa shape index (κ2) is 7.26. The molecule has 0 saturated heterocycles. The summed E-state index contributed by atoms with van der Waals surface area (Å²) in [6.07, 6.45) is 0. The summed E-state index contributed by atoms with van der Waals surface area (Å²) in [4.78, 5) is 22.1. The van der Waals surface area contributed by atoms with Crippen LogP contribution in [0.1, 0.15) is 0 Å². The van der Waals surface area contributed by atoms with Crippen molar-refractivity contribution in [3.63, 3.8) is 0 Å². The van der Waals surface area contributed by atoms with Gasteiger partial charge in [-0.3, -0.25) is 9.52 Å². The summed E-state index contributed by atoms with van der Waals surface area (Å²) in [6, 6.07) is 8.04. The molecule has 8 heteroatoms. The summed E-state index contributed by atoms with van der Waals surface area (Å²) in [5.74, 6) is 0.573. The average molecular weight is 295 g/mol. The van der Waals surface area contributed by atoms with Crippen molar-refractivity contribution >= 4 is 46.6 Å². The molecule has 0 heterocycles. The molecule has 0 unspecified atom stereocenters. The molecular weight excluding hydrogens is 287 g/mol. The van der Waals surface area contributed by atoms with Crippen molar-refractivity contribution < 1.29 is 14.3 Å². The van der Waals surface area contributed by atoms with Crippen LogP contribution in [0.3, 0.4) is 0 Å². The lowest BCUT2D eigenvalue weighted by Crippen LogP contribution is -2.25. The zero-order chi connectivity index (χ0) is 12.7. The van der Waals surface area contributed by atoms with Gasteiger partial charge in [0.05, 0.1) is 0 Å². The molecule has 1 N–H and O–H groups in total. The third-order valence-electron chi connectivity index (χ3n) is 1.51. The predicted octanol–water partition coefficient (Wildman–Crippen LogP) is 2.56. The van der Waals surface area contributed by atoms with Crippen molar-refractivity contribution in [1.82, 2.24) is 8.66 Å². The molecule has 0 aliphatic heterocycles. The number of halogens is 2. The second-order valence-corrected chi connectivity index (χ2v) is 4.43. The van der Waals surface area contributed by atoms with Gasteiger partial charge >= 0.3 is 6.03 Å². The summed E-state index contributed by atoms with van der Waals surface area (Å²) >= 11 is 10.8. The standard InChI is InChI=1S/C9H8Cl2N2O3S/c10-13(11)9(15)12-17-8(14)6-16-7-4-2-1-3-5-7/h1-5H,6H2,(H,12,15). The van der Waals surface area contributed by atoms with E-state index in [1.165, 1.54) is 0 Å². The molecule has 0 aliphatic carbocycles. The topological polar surface area (TPSA) is 58.6 Å². The number of hydrogen-bond acceptors (Lipinski definition) is 4. The van der Waals surface area contributed by atoms with E-state index in [9.17, 15) is 9.59 Å². The number of rotatable bonds is 3. The Labute approximate surface area is 112 Å². The first-order valence-electron chi connectivity index (χ1n) is 4.39. The van der Waals surface area contributed by atoms with E-state index in [1.807, 2.05) is 6.07 Å². The van der Waals surface area contributed by atoms with Crippen LogP contribution in [0.4, 0.5) is 4.79 Å². The highest BCUT2D eigenvalue weighted by Crippen LogP contribution is 2.09. The summed E-state index contributed by atoms with van der Waals surface area (Å²) in [5, 5.41) is -0.377. The molecule has 0 bridgehead atoms. The van der Waals surface area contributed by atoms with Gasteiger partial charge in [-0.05, 0) is 12.1 Å². The number of hydrogen-bond donors (Lipinski definition) is 1. The normalized spacial score (nSPS) is 9.53. The summed E-state index contributed by atoms with van der Waals surface area (Å²) in [6.45, 7) is -0.167. The molecule has 1 aromatic carbocycles. The van der Waals surface area contributed by atoms with Crippen LogP contribution in [0.15, 0.2) is 30.3 Å². The van der Waals surface area contributed by atoms with Gasteiger partial charge in [-0.1, -0.05) is 18.2 Å². The van der Waals surface area contributed by atoms with Crippen LogP contribution in [-0.2, 0) is 4.79 Å². The number of nitrogens with zero attached hydrogens (tertiary/aromatic N) is 1. The van der Waals surface area contributed by atoms with Gasteiger partial charge in [0.15, 0.2) is 6.61 Å². The Hall–Kier alpha value is -1.11. The van der Waals surface area contributed by atoms with E-state index in [0.717, 1.165) is 0 Å². The zero-order valence-electron chi connectivity index (χ0n) is 8.43. The van der Waals surface area contributed by atoms with Crippen molar-refractivity contribution in [2.45, 2.75) is 0 Å². The summed E-state index contributed by atoms with van der Waals surface area (Å²) in [5.41, 5.74) is 0. The monoisotopic (exact) mass is 294 g/mol. The van der Waals surface area contributed by atoms with Gasteiger partial charge in [-0.15, -0.1) is 3.94 Å². The fourth-order valence-corrected chi connectivity index (χ4v) is 1.42. The second-order valence-electron chi connectivity index (χ2n) is 2.72. The van der Waals surface area contributed by atoms with E-state index in [0.29, 0.717) is 21.6 Å². The Bertz CT molecular complexity index is 389. The molecule has 5 nitrogen and oxygen atoms in total. The Kier molecular flexibility index (Phi) is 5.96. The number of urea groups is 1. The zero-order valence-corrected chi connectivity index (χ0v) is 10.8. The molecule has 0 saturated carbocycles. The molecule has 0 aromatic heterocycles. The van der Waals surface area contributed by atoms with Gasteiger partial charge in [0.2, 0.25) is 5.12 Å². The Morgan fingerprint density at radius 1 is 1.29 bits per heavy atom. The first-order chi connectivity index (χ1) is 8.09. The Balaban J connectivity index is 2.24. The molecule has 2 amide bonds. The van der Waals surface area contributed by atoms with Crippen LogP contribution >= 0.6 is 35.5 Å². The first-order valence-corrected chi connectivity index (χ1v) is 5.88. The van der Waals surface area contributed by atoms with Crippen molar-refractivity contribution in [3.8, 4) is 5.75 Å². The number of nitrogens with one attached hydrogen (secondary N) is 1. The fourth-order valence-electron chi connectivity index (χ4n) is 0.824. The van der Waals surface area contributed by atoms with Crippen LogP contribution in [-0.4, -0.2) is 21.7 Å². The molecule has 92 valence electrons. The molecule has 0 atom stereocenters. The van der Waals surface area contributed by atoms with Gasteiger partial charge in [0, 0.05) is 35.5 Å². The van der Waals surface area contributed by atoms with Gasteiger partial charge in [0.1, 0.15) is 5.75 Å². The molecule has 0 radical (unpaired) electrons. The number of carbonyl (C=O) groups excluding carboxylic acids is 2. The summed E-state index contributed by atoms with van der Waals surface area (Å²) < 4.78 is 7.58. The molecule has 1 aromatic rings. The van der Waals surface area contributed by atoms with Crippen LogP contribution in [0.25, 0.3) is 0 Å². The minimum absolute atomic E-state index is 0.167. The van der Waals surface area contributed by atoms with Crippen LogP contribution < -0.4 is 9.46 Å². The smallest absolute Gasteiger partial charge is 0.357 e. The maximum Gasteiger partial charge on any atom is 0.357 e. The third-order valence-corrected chi connectivity index (χ3v) is 2.43. The van der Waals surface area contributed by atoms with E-state index in [1.54, 1.807) is 24.3 Å². The fraction of sp³-hybridized carbons (Fsp3) is 0.111. The maximum absolute atomic E-state index is 11.3. The molecule has 17 heavy (non-hydrogen) atoms. The van der Waals surface area contributed by atoms with Gasteiger partial charge in [-0.25, -0.2) is 4.79 Å². The van der Waals surface area contributed by atoms with E-state index in [2.05, 4.69) is 4.72 Å². The number of carbonyl (C=O) groups is 2. The van der Waals surface area contributed by atoms with E-state index in [-0.39, 0.29) is 11.7 Å². The number of benzene rings is 1. The largest absolute Gasteiger partial charge is 0.485 e. The minimum atomic E-state index is -0.800. The maximum atomic E-state index is 11.3. The Morgan fingerprint density at radius 2 is 1.94 bits per heavy atom. The number of amides is 2. The van der Waals surface area contributed by atoms with Gasteiger partial charge in [-0.2, -0.15) is 0 Å². The van der Waals surface area contributed by atoms with E-state index < -0.39 is 6.03 Å². The third kappa shape index (κ3) is 5.67. The highest BCUT2D eigenvalue weighted by Gasteiger charge is 2.11. The number of para-hydroxylation sites is 1. The molecule has 0 fully saturated rings. The van der Waals surface area contributed by atoms with Crippen molar-refractivity contribution in [1.29, 1.82) is 0 Å². The molecule has 1 rings (SSSR count). The first kappa shape index (κ1) is 14.0. The van der Waals surface area contributed by atoms with Crippen LogP contribution in [0, 0.1) is 0 Å². The van der Waals surface area contributed by atoms with Crippen molar-refractivity contribution in [2.24, 2.45) is 0 Å². The minimum Gasteiger partial charge on any atom is -0.485 e. The highest BCUT2D eigenvalue weighted by atomic mass is 35.5. The van der Waals surface area contributed by atoms with Gasteiger partial charge < -0.3 is 4.74 Å². The molecular formula is C9H8Cl2N2O3S. The predicted molar refractivity (Wildman–Crippen MR) is 66.6 cm³/mol. The van der Waals surface area contributed by atoms with E-state index >= 15 is 0 Å². The lowest BCUT2D eigenvalue weighted by molar-refractivity contribution is -0.112.